The summed E-state index contributed by atoms with van der Waals surface area (Å²) in [5, 5.41) is 3.06. The standard InChI is InChI=1S/C13H22N4O3/c1-13(2,3)20-12(19)16-6-4-10-9(8-16)11(18)17(15-10)7-5-14/h15H,4-8,14H2,1-3H3. The van der Waals surface area contributed by atoms with E-state index in [0.29, 0.717) is 31.6 Å². The Kier molecular flexibility index (Phi) is 3.89. The summed E-state index contributed by atoms with van der Waals surface area (Å²) in [6.45, 7) is 7.16. The summed E-state index contributed by atoms with van der Waals surface area (Å²) in [5.74, 6) is 0. The molecule has 0 spiro atoms. The van der Waals surface area contributed by atoms with E-state index in [4.69, 9.17) is 10.5 Å². The van der Waals surface area contributed by atoms with Crippen molar-refractivity contribution < 1.29 is 9.53 Å². The summed E-state index contributed by atoms with van der Waals surface area (Å²) < 4.78 is 6.84. The topological polar surface area (TPSA) is 93.3 Å². The van der Waals surface area contributed by atoms with E-state index in [1.165, 1.54) is 4.68 Å². The second-order valence-corrected chi connectivity index (χ2v) is 5.97. The van der Waals surface area contributed by atoms with Gasteiger partial charge in [0.1, 0.15) is 5.60 Å². The summed E-state index contributed by atoms with van der Waals surface area (Å²) in [6.07, 6.45) is 0.246. The van der Waals surface area contributed by atoms with E-state index in [-0.39, 0.29) is 18.2 Å². The minimum atomic E-state index is -0.532. The predicted octanol–water partition coefficient (Wildman–Crippen LogP) is 0.428. The number of amides is 1. The zero-order chi connectivity index (χ0) is 14.9. The number of aromatic nitrogens is 2. The minimum absolute atomic E-state index is 0.0984. The quantitative estimate of drug-likeness (QED) is 0.822. The number of hydrogen-bond donors (Lipinski definition) is 2. The summed E-state index contributed by atoms with van der Waals surface area (Å²) in [7, 11) is 0. The number of nitrogens with one attached hydrogen (secondary N) is 1. The lowest BCUT2D eigenvalue weighted by Gasteiger charge is -2.29. The molecular formula is C13H22N4O3. The maximum Gasteiger partial charge on any atom is 0.410 e. The molecule has 0 radical (unpaired) electrons. The van der Waals surface area contributed by atoms with E-state index >= 15 is 0 Å². The molecule has 0 saturated heterocycles. The zero-order valence-electron chi connectivity index (χ0n) is 12.2. The Labute approximate surface area is 117 Å². The van der Waals surface area contributed by atoms with Gasteiger partial charge in [-0.05, 0) is 20.8 Å². The number of H-pyrrole nitrogens is 1. The Morgan fingerprint density at radius 3 is 2.75 bits per heavy atom. The molecule has 20 heavy (non-hydrogen) atoms. The van der Waals surface area contributed by atoms with Crippen LogP contribution < -0.4 is 11.3 Å². The molecule has 112 valence electrons. The van der Waals surface area contributed by atoms with Crippen LogP contribution >= 0.6 is 0 Å². The number of carbonyl (C=O) groups excluding carboxylic acids is 1. The SMILES string of the molecule is CC(C)(C)OC(=O)N1CCc2[nH]n(CCN)c(=O)c2C1. The molecule has 0 unspecified atom stereocenters. The van der Waals surface area contributed by atoms with Crippen molar-refractivity contribution in [3.8, 4) is 0 Å². The van der Waals surface area contributed by atoms with E-state index in [0.717, 1.165) is 5.69 Å². The average molecular weight is 282 g/mol. The van der Waals surface area contributed by atoms with Gasteiger partial charge in [-0.2, -0.15) is 0 Å². The second-order valence-electron chi connectivity index (χ2n) is 5.97. The third kappa shape index (κ3) is 3.04. The van der Waals surface area contributed by atoms with E-state index in [1.54, 1.807) is 4.90 Å². The van der Waals surface area contributed by atoms with Crippen LogP contribution in [0, 0.1) is 0 Å². The van der Waals surface area contributed by atoms with Crippen LogP contribution in [-0.4, -0.2) is 39.5 Å². The van der Waals surface area contributed by atoms with E-state index in [1.807, 2.05) is 20.8 Å². The van der Waals surface area contributed by atoms with Crippen LogP contribution in [0.15, 0.2) is 4.79 Å². The molecule has 0 atom stereocenters. The molecule has 1 amide bonds. The third-order valence-electron chi connectivity index (χ3n) is 3.12. The summed E-state index contributed by atoms with van der Waals surface area (Å²) in [6, 6.07) is 0. The number of aromatic amines is 1. The van der Waals surface area contributed by atoms with Gasteiger partial charge >= 0.3 is 6.09 Å². The van der Waals surface area contributed by atoms with Crippen molar-refractivity contribution in [2.24, 2.45) is 5.73 Å². The van der Waals surface area contributed by atoms with Gasteiger partial charge in [0.2, 0.25) is 0 Å². The average Bonchev–Trinajstić information content (AvgIpc) is 2.65. The van der Waals surface area contributed by atoms with Crippen molar-refractivity contribution in [3.63, 3.8) is 0 Å². The molecule has 0 saturated carbocycles. The number of fused-ring (bicyclic) bond motifs is 1. The molecule has 0 bridgehead atoms. The molecular weight excluding hydrogens is 260 g/mol. The number of ether oxygens (including phenoxy) is 1. The first-order valence-electron chi connectivity index (χ1n) is 6.80. The van der Waals surface area contributed by atoms with Gasteiger partial charge < -0.3 is 15.4 Å². The molecule has 0 aromatic carbocycles. The summed E-state index contributed by atoms with van der Waals surface area (Å²) in [5.41, 5.74) is 6.36. The van der Waals surface area contributed by atoms with Crippen LogP contribution in [-0.2, 0) is 24.2 Å². The highest BCUT2D eigenvalue weighted by Gasteiger charge is 2.28. The minimum Gasteiger partial charge on any atom is -0.444 e. The second kappa shape index (κ2) is 5.32. The van der Waals surface area contributed by atoms with Crippen LogP contribution in [0.5, 0.6) is 0 Å². The van der Waals surface area contributed by atoms with Crippen molar-refractivity contribution in [2.75, 3.05) is 13.1 Å². The molecule has 1 aromatic rings. The van der Waals surface area contributed by atoms with Gasteiger partial charge in [-0.15, -0.1) is 0 Å². The van der Waals surface area contributed by atoms with Gasteiger partial charge in [0.25, 0.3) is 5.56 Å². The highest BCUT2D eigenvalue weighted by Crippen LogP contribution is 2.17. The van der Waals surface area contributed by atoms with Crippen molar-refractivity contribution in [3.05, 3.63) is 21.6 Å². The Hall–Kier alpha value is -1.76. The third-order valence-corrected chi connectivity index (χ3v) is 3.12. The van der Waals surface area contributed by atoms with Crippen molar-refractivity contribution >= 4 is 6.09 Å². The maximum atomic E-state index is 12.2. The molecule has 1 aliphatic rings. The van der Waals surface area contributed by atoms with Crippen LogP contribution in [0.3, 0.4) is 0 Å². The Balaban J connectivity index is 2.14. The fourth-order valence-corrected chi connectivity index (χ4v) is 2.23. The van der Waals surface area contributed by atoms with E-state index < -0.39 is 5.60 Å². The first-order valence-corrected chi connectivity index (χ1v) is 6.80. The van der Waals surface area contributed by atoms with Gasteiger partial charge in [0, 0.05) is 25.2 Å². The first kappa shape index (κ1) is 14.6. The van der Waals surface area contributed by atoms with Crippen LogP contribution in [0.4, 0.5) is 4.79 Å². The predicted molar refractivity (Wildman–Crippen MR) is 74.5 cm³/mol. The van der Waals surface area contributed by atoms with Crippen molar-refractivity contribution in [2.45, 2.75) is 45.9 Å². The van der Waals surface area contributed by atoms with Crippen molar-refractivity contribution in [1.82, 2.24) is 14.7 Å². The molecule has 7 nitrogen and oxygen atoms in total. The van der Waals surface area contributed by atoms with Crippen molar-refractivity contribution in [1.29, 1.82) is 0 Å². The van der Waals surface area contributed by atoms with Gasteiger partial charge in [-0.25, -0.2) is 4.79 Å². The monoisotopic (exact) mass is 282 g/mol. The number of rotatable bonds is 2. The normalized spacial score (nSPS) is 15.1. The van der Waals surface area contributed by atoms with Crippen LogP contribution in [0.2, 0.25) is 0 Å². The van der Waals surface area contributed by atoms with Crippen LogP contribution in [0.25, 0.3) is 0 Å². The van der Waals surface area contributed by atoms with E-state index in [2.05, 4.69) is 5.10 Å². The summed E-state index contributed by atoms with van der Waals surface area (Å²) in [4.78, 5) is 25.8. The molecule has 2 rings (SSSR count). The molecule has 3 N–H and O–H groups in total. The lowest BCUT2D eigenvalue weighted by Crippen LogP contribution is -2.41. The first-order chi connectivity index (χ1) is 9.31. The molecule has 0 aliphatic carbocycles. The number of carbonyl (C=O) groups is 1. The molecule has 2 heterocycles. The number of nitrogens with zero attached hydrogens (tertiary/aromatic N) is 2. The largest absolute Gasteiger partial charge is 0.444 e. The lowest BCUT2D eigenvalue weighted by molar-refractivity contribution is 0.0223. The smallest absolute Gasteiger partial charge is 0.410 e. The highest BCUT2D eigenvalue weighted by atomic mass is 16.6. The maximum absolute atomic E-state index is 12.2. The molecule has 7 heteroatoms. The fourth-order valence-electron chi connectivity index (χ4n) is 2.23. The fraction of sp³-hybridized carbons (Fsp3) is 0.692. The van der Waals surface area contributed by atoms with Crippen LogP contribution in [0.1, 0.15) is 32.0 Å². The molecule has 1 aliphatic heterocycles. The Bertz CT molecular complexity index is 553. The number of hydrogen-bond acceptors (Lipinski definition) is 4. The zero-order valence-corrected chi connectivity index (χ0v) is 12.2. The lowest BCUT2D eigenvalue weighted by atomic mass is 10.1. The van der Waals surface area contributed by atoms with Gasteiger partial charge in [0.15, 0.2) is 0 Å². The molecule has 1 aromatic heterocycles. The van der Waals surface area contributed by atoms with Gasteiger partial charge in [-0.1, -0.05) is 0 Å². The van der Waals surface area contributed by atoms with E-state index in [9.17, 15) is 9.59 Å². The van der Waals surface area contributed by atoms with Gasteiger partial charge in [0.05, 0.1) is 18.7 Å². The Morgan fingerprint density at radius 1 is 1.45 bits per heavy atom. The highest BCUT2D eigenvalue weighted by molar-refractivity contribution is 5.68. The summed E-state index contributed by atoms with van der Waals surface area (Å²) >= 11 is 0. The Morgan fingerprint density at radius 2 is 2.15 bits per heavy atom. The van der Waals surface area contributed by atoms with Gasteiger partial charge in [-0.3, -0.25) is 14.6 Å². The molecule has 0 fully saturated rings. The number of nitrogens with two attached hydrogens (primary N) is 1.